The van der Waals surface area contributed by atoms with Crippen LogP contribution in [0.5, 0.6) is 0 Å². The summed E-state index contributed by atoms with van der Waals surface area (Å²) >= 11 is 0. The zero-order valence-electron chi connectivity index (χ0n) is 8.61. The fourth-order valence-corrected chi connectivity index (χ4v) is 2.36. The highest BCUT2D eigenvalue weighted by atomic mass is 16.3. The number of hydrogen-bond donors (Lipinski definition) is 1. The van der Waals surface area contributed by atoms with Crippen LogP contribution in [0.15, 0.2) is 18.3 Å². The topological polar surface area (TPSA) is 33.1 Å². The highest BCUT2D eigenvalue weighted by molar-refractivity contribution is 5.24. The quantitative estimate of drug-likeness (QED) is 0.739. The smallest absolute Gasteiger partial charge is 0.0609 e. The van der Waals surface area contributed by atoms with E-state index in [1.807, 2.05) is 19.2 Å². The van der Waals surface area contributed by atoms with Crippen molar-refractivity contribution in [2.24, 2.45) is 0 Å². The lowest BCUT2D eigenvalue weighted by Crippen LogP contribution is -2.23. The summed E-state index contributed by atoms with van der Waals surface area (Å²) in [5.41, 5.74) is 2.30. The van der Waals surface area contributed by atoms with E-state index in [0.717, 1.165) is 25.0 Å². The molecule has 0 amide bonds. The lowest BCUT2D eigenvalue weighted by Gasteiger charge is -2.28. The Kier molecular flexibility index (Phi) is 2.82. The fraction of sp³-hybridized carbons (Fsp3) is 0.583. The Morgan fingerprint density at radius 3 is 2.86 bits per heavy atom. The highest BCUT2D eigenvalue weighted by Crippen LogP contribution is 2.33. The third-order valence-electron chi connectivity index (χ3n) is 3.18. The second-order valence-electron chi connectivity index (χ2n) is 4.14. The van der Waals surface area contributed by atoms with Crippen LogP contribution < -0.4 is 0 Å². The standard InChI is InChI=1S/C12H17NO/c1-9-10(6-4-8-13-9)11-5-2-3-7-12(11)14/h4,6,8,11-12,14H,2-3,5,7H2,1H3. The van der Waals surface area contributed by atoms with Crippen LogP contribution in [0.4, 0.5) is 0 Å². The number of aromatic nitrogens is 1. The van der Waals surface area contributed by atoms with Gasteiger partial charge in [-0.15, -0.1) is 0 Å². The molecule has 2 nitrogen and oxygen atoms in total. The fourth-order valence-electron chi connectivity index (χ4n) is 2.36. The van der Waals surface area contributed by atoms with Gasteiger partial charge in [0.1, 0.15) is 0 Å². The van der Waals surface area contributed by atoms with Gasteiger partial charge in [-0.25, -0.2) is 0 Å². The van der Waals surface area contributed by atoms with E-state index in [0.29, 0.717) is 5.92 Å². The van der Waals surface area contributed by atoms with Gasteiger partial charge in [0, 0.05) is 17.8 Å². The molecule has 2 unspecified atom stereocenters. The van der Waals surface area contributed by atoms with Crippen molar-refractivity contribution in [2.45, 2.75) is 44.6 Å². The maximum absolute atomic E-state index is 9.92. The summed E-state index contributed by atoms with van der Waals surface area (Å²) < 4.78 is 0. The largest absolute Gasteiger partial charge is 0.392 e. The Balaban J connectivity index is 2.25. The SMILES string of the molecule is Cc1ncccc1C1CCCCC1O. The van der Waals surface area contributed by atoms with Crippen LogP contribution in [0, 0.1) is 6.92 Å². The molecule has 2 rings (SSSR count). The first-order valence-corrected chi connectivity index (χ1v) is 5.38. The highest BCUT2D eigenvalue weighted by Gasteiger charge is 2.25. The summed E-state index contributed by atoms with van der Waals surface area (Å²) in [6, 6.07) is 4.06. The molecule has 1 aliphatic rings. The lowest BCUT2D eigenvalue weighted by molar-refractivity contribution is 0.106. The van der Waals surface area contributed by atoms with Gasteiger partial charge in [0.05, 0.1) is 6.10 Å². The Hall–Kier alpha value is -0.890. The van der Waals surface area contributed by atoms with Crippen molar-refractivity contribution in [1.29, 1.82) is 0 Å². The van der Waals surface area contributed by atoms with Gasteiger partial charge in [-0.05, 0) is 31.4 Å². The van der Waals surface area contributed by atoms with E-state index in [1.54, 1.807) is 0 Å². The molecule has 1 saturated carbocycles. The van der Waals surface area contributed by atoms with Crippen LogP contribution in [0.2, 0.25) is 0 Å². The van der Waals surface area contributed by atoms with E-state index in [2.05, 4.69) is 11.1 Å². The molecule has 0 aliphatic heterocycles. The van der Waals surface area contributed by atoms with Crippen LogP contribution in [0.1, 0.15) is 42.9 Å². The minimum Gasteiger partial charge on any atom is -0.392 e. The molecule has 0 saturated heterocycles. The number of nitrogens with zero attached hydrogens (tertiary/aromatic N) is 1. The van der Waals surface area contributed by atoms with E-state index in [-0.39, 0.29) is 6.10 Å². The van der Waals surface area contributed by atoms with Gasteiger partial charge in [-0.3, -0.25) is 4.98 Å². The Labute approximate surface area is 85.0 Å². The van der Waals surface area contributed by atoms with Crippen molar-refractivity contribution >= 4 is 0 Å². The molecule has 0 spiro atoms. The number of hydrogen-bond acceptors (Lipinski definition) is 2. The number of rotatable bonds is 1. The zero-order chi connectivity index (χ0) is 9.97. The van der Waals surface area contributed by atoms with Crippen LogP contribution >= 0.6 is 0 Å². The van der Waals surface area contributed by atoms with Gasteiger partial charge >= 0.3 is 0 Å². The van der Waals surface area contributed by atoms with Gasteiger partial charge < -0.3 is 5.11 Å². The molecule has 1 N–H and O–H groups in total. The summed E-state index contributed by atoms with van der Waals surface area (Å²) in [6.07, 6.45) is 6.10. The molecule has 2 atom stereocenters. The first-order chi connectivity index (χ1) is 6.79. The van der Waals surface area contributed by atoms with Crippen molar-refractivity contribution in [1.82, 2.24) is 4.98 Å². The van der Waals surface area contributed by atoms with Gasteiger partial charge in [-0.2, -0.15) is 0 Å². The molecule has 1 fully saturated rings. The molecule has 0 aromatic carbocycles. The van der Waals surface area contributed by atoms with E-state index in [1.165, 1.54) is 12.0 Å². The Bertz CT molecular complexity index is 311. The van der Waals surface area contributed by atoms with Crippen LogP contribution in [0.3, 0.4) is 0 Å². The molecule has 0 radical (unpaired) electrons. The number of aliphatic hydroxyl groups excluding tert-OH is 1. The van der Waals surface area contributed by atoms with E-state index >= 15 is 0 Å². The summed E-state index contributed by atoms with van der Waals surface area (Å²) in [7, 11) is 0. The Morgan fingerprint density at radius 1 is 1.36 bits per heavy atom. The van der Waals surface area contributed by atoms with E-state index in [4.69, 9.17) is 0 Å². The van der Waals surface area contributed by atoms with Crippen molar-refractivity contribution in [3.8, 4) is 0 Å². The van der Waals surface area contributed by atoms with E-state index < -0.39 is 0 Å². The predicted molar refractivity (Wildman–Crippen MR) is 56.2 cm³/mol. The predicted octanol–water partition coefficient (Wildman–Crippen LogP) is 2.41. The summed E-state index contributed by atoms with van der Waals surface area (Å²) in [5.74, 6) is 0.317. The average molecular weight is 191 g/mol. The molecule has 1 aromatic heterocycles. The van der Waals surface area contributed by atoms with Crippen molar-refractivity contribution < 1.29 is 5.11 Å². The third kappa shape index (κ3) is 1.80. The van der Waals surface area contributed by atoms with Crippen LogP contribution in [0.25, 0.3) is 0 Å². The monoisotopic (exact) mass is 191 g/mol. The minimum absolute atomic E-state index is 0.161. The molecule has 1 heterocycles. The minimum atomic E-state index is -0.161. The second-order valence-corrected chi connectivity index (χ2v) is 4.14. The molecular weight excluding hydrogens is 174 g/mol. The average Bonchev–Trinajstić information content (AvgIpc) is 2.20. The van der Waals surface area contributed by atoms with Crippen molar-refractivity contribution in [2.75, 3.05) is 0 Å². The van der Waals surface area contributed by atoms with Gasteiger partial charge in [-0.1, -0.05) is 18.9 Å². The molecule has 0 bridgehead atoms. The third-order valence-corrected chi connectivity index (χ3v) is 3.18. The molecule has 1 aromatic rings. The van der Waals surface area contributed by atoms with Gasteiger partial charge in [0.15, 0.2) is 0 Å². The normalized spacial score (nSPS) is 27.6. The number of aliphatic hydroxyl groups is 1. The van der Waals surface area contributed by atoms with Crippen molar-refractivity contribution in [3.63, 3.8) is 0 Å². The first kappa shape index (κ1) is 9.66. The maximum Gasteiger partial charge on any atom is 0.0609 e. The summed E-state index contributed by atoms with van der Waals surface area (Å²) in [4.78, 5) is 4.28. The maximum atomic E-state index is 9.92. The molecule has 76 valence electrons. The first-order valence-electron chi connectivity index (χ1n) is 5.38. The summed E-state index contributed by atoms with van der Waals surface area (Å²) in [6.45, 7) is 2.02. The summed E-state index contributed by atoms with van der Waals surface area (Å²) in [5, 5.41) is 9.92. The number of pyridine rings is 1. The van der Waals surface area contributed by atoms with E-state index in [9.17, 15) is 5.11 Å². The lowest BCUT2D eigenvalue weighted by atomic mass is 9.81. The van der Waals surface area contributed by atoms with Gasteiger partial charge in [0.2, 0.25) is 0 Å². The Morgan fingerprint density at radius 2 is 2.14 bits per heavy atom. The van der Waals surface area contributed by atoms with Crippen molar-refractivity contribution in [3.05, 3.63) is 29.6 Å². The van der Waals surface area contributed by atoms with Crippen LogP contribution in [-0.4, -0.2) is 16.2 Å². The molecule has 2 heteroatoms. The molecule has 14 heavy (non-hydrogen) atoms. The second kappa shape index (κ2) is 4.09. The van der Waals surface area contributed by atoms with Gasteiger partial charge in [0.25, 0.3) is 0 Å². The molecule has 1 aliphatic carbocycles. The molecular formula is C12H17NO. The zero-order valence-corrected chi connectivity index (χ0v) is 8.61. The van der Waals surface area contributed by atoms with Crippen LogP contribution in [-0.2, 0) is 0 Å². The number of aryl methyl sites for hydroxylation is 1.